The highest BCUT2D eigenvalue weighted by atomic mass is 16.5. The first-order valence-corrected chi connectivity index (χ1v) is 6.16. The average molecular weight is 272 g/mol. The molecule has 0 radical (unpaired) electrons. The van der Waals surface area contributed by atoms with Crippen LogP contribution >= 0.6 is 0 Å². The monoisotopic (exact) mass is 272 g/mol. The summed E-state index contributed by atoms with van der Waals surface area (Å²) < 4.78 is 10.4. The summed E-state index contributed by atoms with van der Waals surface area (Å²) >= 11 is 0. The van der Waals surface area contributed by atoms with E-state index in [4.69, 9.17) is 9.26 Å². The van der Waals surface area contributed by atoms with E-state index >= 15 is 0 Å². The zero-order chi connectivity index (χ0) is 14.5. The number of hydrogen-bond donors (Lipinski definition) is 1. The standard InChI is InChI=1S/C15H16N2O3/c1-10(2)9-19-13-6-4-5-12(8-13)16-15(18)14-7-11(3)17-20-14/h4-8H,1,9H2,2-3H3,(H,16,18). The molecule has 0 fully saturated rings. The van der Waals surface area contributed by atoms with Gasteiger partial charge in [-0.15, -0.1) is 0 Å². The largest absolute Gasteiger partial charge is 0.489 e. The Morgan fingerprint density at radius 2 is 2.25 bits per heavy atom. The molecule has 1 aromatic heterocycles. The number of carbonyl (C=O) groups is 1. The third-order valence-electron chi connectivity index (χ3n) is 2.43. The molecule has 0 aliphatic heterocycles. The molecular weight excluding hydrogens is 256 g/mol. The van der Waals surface area contributed by atoms with Crippen LogP contribution in [0.15, 0.2) is 47.0 Å². The van der Waals surface area contributed by atoms with E-state index in [0.717, 1.165) is 5.57 Å². The van der Waals surface area contributed by atoms with E-state index in [-0.39, 0.29) is 11.7 Å². The number of benzene rings is 1. The molecule has 5 nitrogen and oxygen atoms in total. The lowest BCUT2D eigenvalue weighted by molar-refractivity contribution is 0.0988. The molecular formula is C15H16N2O3. The molecule has 0 aliphatic rings. The van der Waals surface area contributed by atoms with Crippen LogP contribution in [0.3, 0.4) is 0 Å². The highest BCUT2D eigenvalue weighted by Gasteiger charge is 2.11. The summed E-state index contributed by atoms with van der Waals surface area (Å²) in [4.78, 5) is 11.9. The van der Waals surface area contributed by atoms with Crippen molar-refractivity contribution >= 4 is 11.6 Å². The summed E-state index contributed by atoms with van der Waals surface area (Å²) in [5, 5.41) is 6.40. The zero-order valence-electron chi connectivity index (χ0n) is 11.5. The SMILES string of the molecule is C=C(C)COc1cccc(NC(=O)c2cc(C)no2)c1. The van der Waals surface area contributed by atoms with Crippen molar-refractivity contribution in [3.05, 3.63) is 53.9 Å². The molecule has 2 aromatic rings. The van der Waals surface area contributed by atoms with E-state index in [1.54, 1.807) is 31.2 Å². The number of ether oxygens (including phenoxy) is 1. The summed E-state index contributed by atoms with van der Waals surface area (Å²) in [6.07, 6.45) is 0. The smallest absolute Gasteiger partial charge is 0.294 e. The van der Waals surface area contributed by atoms with Crippen LogP contribution in [0.25, 0.3) is 0 Å². The number of hydrogen-bond acceptors (Lipinski definition) is 4. The van der Waals surface area contributed by atoms with E-state index in [2.05, 4.69) is 17.1 Å². The lowest BCUT2D eigenvalue weighted by Gasteiger charge is -2.08. The molecule has 0 saturated heterocycles. The van der Waals surface area contributed by atoms with Crippen molar-refractivity contribution < 1.29 is 14.1 Å². The van der Waals surface area contributed by atoms with Gasteiger partial charge in [-0.1, -0.05) is 17.8 Å². The van der Waals surface area contributed by atoms with Crippen molar-refractivity contribution in [3.8, 4) is 5.75 Å². The van der Waals surface area contributed by atoms with Crippen LogP contribution in [0.5, 0.6) is 5.75 Å². The fraction of sp³-hybridized carbons (Fsp3) is 0.200. The van der Waals surface area contributed by atoms with Crippen LogP contribution in [0.2, 0.25) is 0 Å². The van der Waals surface area contributed by atoms with Gasteiger partial charge in [0, 0.05) is 17.8 Å². The Labute approximate surface area is 117 Å². The number of amides is 1. The van der Waals surface area contributed by atoms with E-state index in [1.807, 2.05) is 13.0 Å². The summed E-state index contributed by atoms with van der Waals surface area (Å²) in [6, 6.07) is 8.71. The number of rotatable bonds is 5. The predicted molar refractivity (Wildman–Crippen MR) is 75.9 cm³/mol. The second-order valence-electron chi connectivity index (χ2n) is 4.56. The highest BCUT2D eigenvalue weighted by Crippen LogP contribution is 2.18. The number of carbonyl (C=O) groups excluding carboxylic acids is 1. The van der Waals surface area contributed by atoms with Gasteiger partial charge in [-0.2, -0.15) is 0 Å². The molecule has 2 rings (SSSR count). The van der Waals surface area contributed by atoms with Crippen molar-refractivity contribution in [2.24, 2.45) is 0 Å². The second kappa shape index (κ2) is 6.06. The third-order valence-corrected chi connectivity index (χ3v) is 2.43. The van der Waals surface area contributed by atoms with Gasteiger partial charge < -0.3 is 14.6 Å². The molecule has 0 spiro atoms. The topological polar surface area (TPSA) is 64.4 Å². The lowest BCUT2D eigenvalue weighted by atomic mass is 10.3. The fourth-order valence-electron chi connectivity index (χ4n) is 1.53. The maximum Gasteiger partial charge on any atom is 0.294 e. The Kier molecular flexibility index (Phi) is 4.20. The normalized spacial score (nSPS) is 10.1. The molecule has 0 saturated carbocycles. The lowest BCUT2D eigenvalue weighted by Crippen LogP contribution is -2.11. The minimum atomic E-state index is -0.345. The Morgan fingerprint density at radius 1 is 1.45 bits per heavy atom. The molecule has 20 heavy (non-hydrogen) atoms. The maximum absolute atomic E-state index is 11.9. The molecule has 5 heteroatoms. The van der Waals surface area contributed by atoms with Crippen LogP contribution in [-0.2, 0) is 0 Å². The van der Waals surface area contributed by atoms with Gasteiger partial charge >= 0.3 is 0 Å². The van der Waals surface area contributed by atoms with Gasteiger partial charge in [0.05, 0.1) is 5.69 Å². The molecule has 1 aromatic carbocycles. The molecule has 1 heterocycles. The van der Waals surface area contributed by atoms with Crippen molar-refractivity contribution in [3.63, 3.8) is 0 Å². The first kappa shape index (κ1) is 13.9. The fourth-order valence-corrected chi connectivity index (χ4v) is 1.53. The van der Waals surface area contributed by atoms with E-state index in [0.29, 0.717) is 23.7 Å². The first-order valence-electron chi connectivity index (χ1n) is 6.16. The van der Waals surface area contributed by atoms with Crippen LogP contribution in [0.4, 0.5) is 5.69 Å². The van der Waals surface area contributed by atoms with Crippen LogP contribution in [-0.4, -0.2) is 17.7 Å². The molecule has 0 atom stereocenters. The molecule has 1 amide bonds. The number of nitrogens with one attached hydrogen (secondary N) is 1. The van der Waals surface area contributed by atoms with Crippen molar-refractivity contribution in [2.75, 3.05) is 11.9 Å². The zero-order valence-corrected chi connectivity index (χ0v) is 11.5. The number of aromatic nitrogens is 1. The number of nitrogens with zero attached hydrogens (tertiary/aromatic N) is 1. The van der Waals surface area contributed by atoms with Crippen molar-refractivity contribution in [1.29, 1.82) is 0 Å². The van der Waals surface area contributed by atoms with Crippen molar-refractivity contribution in [2.45, 2.75) is 13.8 Å². The highest BCUT2D eigenvalue weighted by molar-refractivity contribution is 6.02. The second-order valence-corrected chi connectivity index (χ2v) is 4.56. The maximum atomic E-state index is 11.9. The van der Waals surface area contributed by atoms with E-state index in [1.165, 1.54) is 0 Å². The summed E-state index contributed by atoms with van der Waals surface area (Å²) in [6.45, 7) is 7.86. The minimum Gasteiger partial charge on any atom is -0.489 e. The summed E-state index contributed by atoms with van der Waals surface area (Å²) in [7, 11) is 0. The average Bonchev–Trinajstić information content (AvgIpc) is 2.84. The summed E-state index contributed by atoms with van der Waals surface area (Å²) in [5.74, 6) is 0.498. The van der Waals surface area contributed by atoms with Gasteiger partial charge in [0.2, 0.25) is 5.76 Å². The number of anilines is 1. The minimum absolute atomic E-state index is 0.177. The van der Waals surface area contributed by atoms with Gasteiger partial charge in [-0.3, -0.25) is 4.79 Å². The Balaban J connectivity index is 2.04. The predicted octanol–water partition coefficient (Wildman–Crippen LogP) is 3.19. The van der Waals surface area contributed by atoms with E-state index < -0.39 is 0 Å². The van der Waals surface area contributed by atoms with Gasteiger partial charge in [0.15, 0.2) is 0 Å². The number of aryl methyl sites for hydroxylation is 1. The Morgan fingerprint density at radius 3 is 2.90 bits per heavy atom. The molecule has 0 unspecified atom stereocenters. The third kappa shape index (κ3) is 3.71. The van der Waals surface area contributed by atoms with Crippen molar-refractivity contribution in [1.82, 2.24) is 5.16 Å². The van der Waals surface area contributed by atoms with Gasteiger partial charge in [-0.05, 0) is 31.6 Å². The Hall–Kier alpha value is -2.56. The first-order chi connectivity index (χ1) is 9.54. The van der Waals surface area contributed by atoms with E-state index in [9.17, 15) is 4.79 Å². The van der Waals surface area contributed by atoms with Crippen LogP contribution in [0, 0.1) is 6.92 Å². The molecule has 104 valence electrons. The molecule has 0 bridgehead atoms. The molecule has 0 aliphatic carbocycles. The van der Waals surface area contributed by atoms with Crippen LogP contribution in [0.1, 0.15) is 23.2 Å². The van der Waals surface area contributed by atoms with Gasteiger partial charge in [-0.25, -0.2) is 0 Å². The van der Waals surface area contributed by atoms with Gasteiger partial charge in [0.25, 0.3) is 5.91 Å². The Bertz CT molecular complexity index is 632. The quantitative estimate of drug-likeness (QED) is 0.849. The van der Waals surface area contributed by atoms with Crippen LogP contribution < -0.4 is 10.1 Å². The van der Waals surface area contributed by atoms with Gasteiger partial charge in [0.1, 0.15) is 12.4 Å². The molecule has 1 N–H and O–H groups in total. The summed E-state index contributed by atoms with van der Waals surface area (Å²) in [5.41, 5.74) is 2.22.